The Morgan fingerprint density at radius 3 is 2.95 bits per heavy atom. The predicted octanol–water partition coefficient (Wildman–Crippen LogP) is 2.15. The number of nitrogen functional groups attached to an aromatic ring is 1. The van der Waals surface area contributed by atoms with Crippen molar-refractivity contribution in [3.8, 4) is 0 Å². The lowest BCUT2D eigenvalue weighted by Crippen LogP contribution is -2.37. The summed E-state index contributed by atoms with van der Waals surface area (Å²) >= 11 is 0. The van der Waals surface area contributed by atoms with Gasteiger partial charge in [0, 0.05) is 30.7 Å². The fraction of sp³-hybridized carbons (Fsp3) is 0.467. The topological polar surface area (TPSA) is 63.7 Å². The molecule has 0 amide bonds. The van der Waals surface area contributed by atoms with Crippen molar-refractivity contribution in [1.82, 2.24) is 4.90 Å². The van der Waals surface area contributed by atoms with E-state index in [4.69, 9.17) is 14.9 Å². The van der Waals surface area contributed by atoms with E-state index in [0.717, 1.165) is 68.2 Å². The molecule has 0 radical (unpaired) electrons. The minimum absolute atomic E-state index is 0.759. The van der Waals surface area contributed by atoms with Crippen LogP contribution in [0.5, 0.6) is 0 Å². The van der Waals surface area contributed by atoms with Gasteiger partial charge in [-0.1, -0.05) is 0 Å². The van der Waals surface area contributed by atoms with Crippen LogP contribution in [0.1, 0.15) is 6.42 Å². The Labute approximate surface area is 118 Å². The van der Waals surface area contributed by atoms with Crippen LogP contribution in [0.15, 0.2) is 28.9 Å². The smallest absolute Gasteiger partial charge is 0.157 e. The Balaban J connectivity index is 1.53. The number of ether oxygens (including phenoxy) is 1. The lowest BCUT2D eigenvalue weighted by molar-refractivity contribution is 0.0378. The van der Waals surface area contributed by atoms with Crippen LogP contribution in [0.2, 0.25) is 0 Å². The largest absolute Gasteiger partial charge is 0.462 e. The van der Waals surface area contributed by atoms with Gasteiger partial charge in [0.1, 0.15) is 0 Å². The molecule has 0 spiro atoms. The van der Waals surface area contributed by atoms with Crippen molar-refractivity contribution in [3.05, 3.63) is 24.5 Å². The lowest BCUT2D eigenvalue weighted by Gasteiger charge is -2.26. The van der Waals surface area contributed by atoms with Gasteiger partial charge in [0.15, 0.2) is 5.58 Å². The number of hydrogen-bond acceptors (Lipinski definition) is 5. The summed E-state index contributed by atoms with van der Waals surface area (Å²) in [5, 5.41) is 4.46. The first-order valence-electron chi connectivity index (χ1n) is 7.13. The number of fused-ring (bicyclic) bond motifs is 1. The molecular weight excluding hydrogens is 254 g/mol. The van der Waals surface area contributed by atoms with Gasteiger partial charge in [0.05, 0.1) is 25.2 Å². The highest BCUT2D eigenvalue weighted by Gasteiger charge is 2.10. The monoisotopic (exact) mass is 275 g/mol. The summed E-state index contributed by atoms with van der Waals surface area (Å²) in [6.45, 7) is 5.81. The van der Waals surface area contributed by atoms with Gasteiger partial charge in [0.2, 0.25) is 0 Å². The number of hydrogen-bond donors (Lipinski definition) is 2. The molecule has 2 aromatic rings. The summed E-state index contributed by atoms with van der Waals surface area (Å²) in [4.78, 5) is 2.44. The molecule has 1 aliphatic heterocycles. The highest BCUT2D eigenvalue weighted by atomic mass is 16.5. The number of nitrogens with two attached hydrogens (primary N) is 1. The van der Waals surface area contributed by atoms with Gasteiger partial charge < -0.3 is 20.2 Å². The van der Waals surface area contributed by atoms with Crippen LogP contribution in [-0.4, -0.2) is 44.3 Å². The zero-order valence-electron chi connectivity index (χ0n) is 11.6. The van der Waals surface area contributed by atoms with Crippen LogP contribution in [0.25, 0.3) is 11.0 Å². The van der Waals surface area contributed by atoms with Gasteiger partial charge in [0.25, 0.3) is 0 Å². The molecule has 1 fully saturated rings. The second-order valence-electron chi connectivity index (χ2n) is 5.14. The van der Waals surface area contributed by atoms with Crippen molar-refractivity contribution < 1.29 is 9.15 Å². The molecule has 20 heavy (non-hydrogen) atoms. The zero-order valence-corrected chi connectivity index (χ0v) is 11.6. The molecule has 0 unspecified atom stereocenters. The first-order chi connectivity index (χ1) is 9.83. The van der Waals surface area contributed by atoms with Crippen LogP contribution < -0.4 is 11.1 Å². The van der Waals surface area contributed by atoms with E-state index in [1.54, 1.807) is 6.26 Å². The first kappa shape index (κ1) is 13.3. The van der Waals surface area contributed by atoms with E-state index >= 15 is 0 Å². The third-order valence-corrected chi connectivity index (χ3v) is 3.64. The molecule has 0 atom stereocenters. The Kier molecular flexibility index (Phi) is 4.08. The van der Waals surface area contributed by atoms with Crippen LogP contribution in [0.3, 0.4) is 0 Å². The predicted molar refractivity (Wildman–Crippen MR) is 81.0 cm³/mol. The molecule has 5 nitrogen and oxygen atoms in total. The maximum absolute atomic E-state index is 5.90. The van der Waals surface area contributed by atoms with E-state index in [9.17, 15) is 0 Å². The van der Waals surface area contributed by atoms with Crippen molar-refractivity contribution >= 4 is 22.3 Å². The zero-order chi connectivity index (χ0) is 13.8. The molecule has 3 rings (SSSR count). The van der Waals surface area contributed by atoms with Crippen LogP contribution in [-0.2, 0) is 4.74 Å². The summed E-state index contributed by atoms with van der Waals surface area (Å²) < 4.78 is 10.9. The minimum atomic E-state index is 0.759. The number of anilines is 2. The summed E-state index contributed by atoms with van der Waals surface area (Å²) in [7, 11) is 0. The molecule has 1 aliphatic rings. The molecule has 0 bridgehead atoms. The van der Waals surface area contributed by atoms with E-state index < -0.39 is 0 Å². The van der Waals surface area contributed by atoms with Crippen molar-refractivity contribution in [2.75, 3.05) is 50.4 Å². The SMILES string of the molecule is Nc1cc(NCCCN2CCOCC2)c2occc2c1. The molecule has 1 aromatic carbocycles. The maximum Gasteiger partial charge on any atom is 0.157 e. The Morgan fingerprint density at radius 2 is 2.10 bits per heavy atom. The van der Waals surface area contributed by atoms with Crippen LogP contribution >= 0.6 is 0 Å². The Bertz CT molecular complexity index is 561. The summed E-state index contributed by atoms with van der Waals surface area (Å²) in [5.41, 5.74) is 8.52. The second-order valence-corrected chi connectivity index (χ2v) is 5.14. The first-order valence-corrected chi connectivity index (χ1v) is 7.13. The van der Waals surface area contributed by atoms with Crippen molar-refractivity contribution in [2.24, 2.45) is 0 Å². The number of morpholine rings is 1. The fourth-order valence-corrected chi connectivity index (χ4v) is 2.59. The van der Waals surface area contributed by atoms with Gasteiger partial charge in [-0.15, -0.1) is 0 Å². The number of rotatable bonds is 5. The van der Waals surface area contributed by atoms with E-state index in [-0.39, 0.29) is 0 Å². The van der Waals surface area contributed by atoms with Gasteiger partial charge in [-0.2, -0.15) is 0 Å². The minimum Gasteiger partial charge on any atom is -0.462 e. The number of benzene rings is 1. The average molecular weight is 275 g/mol. The van der Waals surface area contributed by atoms with Gasteiger partial charge >= 0.3 is 0 Å². The normalized spacial score (nSPS) is 16.6. The van der Waals surface area contributed by atoms with Gasteiger partial charge in [-0.25, -0.2) is 0 Å². The third-order valence-electron chi connectivity index (χ3n) is 3.64. The maximum atomic E-state index is 5.90. The number of nitrogens with zero attached hydrogens (tertiary/aromatic N) is 1. The highest BCUT2D eigenvalue weighted by molar-refractivity contribution is 5.92. The summed E-state index contributed by atoms with van der Waals surface area (Å²) in [5.74, 6) is 0. The summed E-state index contributed by atoms with van der Waals surface area (Å²) in [6.07, 6.45) is 2.79. The van der Waals surface area contributed by atoms with Gasteiger partial charge in [-0.3, -0.25) is 4.90 Å². The second kappa shape index (κ2) is 6.15. The quantitative estimate of drug-likeness (QED) is 0.646. The lowest BCUT2D eigenvalue weighted by atomic mass is 10.2. The van der Waals surface area contributed by atoms with Crippen molar-refractivity contribution in [2.45, 2.75) is 6.42 Å². The molecule has 0 saturated carbocycles. The van der Waals surface area contributed by atoms with Crippen molar-refractivity contribution in [1.29, 1.82) is 0 Å². The Hall–Kier alpha value is -1.72. The van der Waals surface area contributed by atoms with E-state index in [1.165, 1.54) is 0 Å². The molecule has 2 heterocycles. The van der Waals surface area contributed by atoms with E-state index in [0.29, 0.717) is 0 Å². The molecular formula is C15H21N3O2. The highest BCUT2D eigenvalue weighted by Crippen LogP contribution is 2.27. The van der Waals surface area contributed by atoms with Crippen LogP contribution in [0, 0.1) is 0 Å². The fourth-order valence-electron chi connectivity index (χ4n) is 2.59. The molecule has 1 saturated heterocycles. The molecule has 0 aliphatic carbocycles. The number of furan rings is 1. The Morgan fingerprint density at radius 1 is 1.25 bits per heavy atom. The van der Waals surface area contributed by atoms with Crippen LogP contribution in [0.4, 0.5) is 11.4 Å². The summed E-state index contributed by atoms with van der Waals surface area (Å²) in [6, 6.07) is 5.79. The van der Waals surface area contributed by atoms with E-state index in [2.05, 4.69) is 10.2 Å². The van der Waals surface area contributed by atoms with Gasteiger partial charge in [-0.05, 0) is 31.2 Å². The number of nitrogens with one attached hydrogen (secondary N) is 1. The molecule has 108 valence electrons. The third kappa shape index (κ3) is 3.05. The molecule has 3 N–H and O–H groups in total. The standard InChI is InChI=1S/C15H21N3O2/c16-13-10-12-2-7-20-15(12)14(11-13)17-3-1-4-18-5-8-19-9-6-18/h2,7,10-11,17H,1,3-6,8-9,16H2. The molecule has 5 heteroatoms. The molecule has 1 aromatic heterocycles. The van der Waals surface area contributed by atoms with Crippen molar-refractivity contribution in [3.63, 3.8) is 0 Å². The van der Waals surface area contributed by atoms with E-state index in [1.807, 2.05) is 18.2 Å². The average Bonchev–Trinajstić information content (AvgIpc) is 2.92.